The fourth-order valence-corrected chi connectivity index (χ4v) is 4.78. The Balaban J connectivity index is 1.71. The van der Waals surface area contributed by atoms with E-state index < -0.39 is 6.04 Å². The molecule has 0 radical (unpaired) electrons. The molecule has 0 N–H and O–H groups in total. The lowest BCUT2D eigenvalue weighted by atomic mass is 9.98. The average molecular weight is 420 g/mol. The van der Waals surface area contributed by atoms with Gasteiger partial charge in [0.1, 0.15) is 12.1 Å². The van der Waals surface area contributed by atoms with Crippen LogP contribution in [0.3, 0.4) is 0 Å². The molecule has 5 nitrogen and oxygen atoms in total. The molecule has 4 rings (SSSR count). The number of rotatable bonds is 6. The minimum atomic E-state index is -0.444. The summed E-state index contributed by atoms with van der Waals surface area (Å²) in [6.07, 6.45) is 8.67. The molecule has 0 spiro atoms. The van der Waals surface area contributed by atoms with Gasteiger partial charge in [0.05, 0.1) is 0 Å². The number of nitrogens with zero attached hydrogens (tertiary/aromatic N) is 3. The Morgan fingerprint density at radius 1 is 1.00 bits per heavy atom. The van der Waals surface area contributed by atoms with Crippen LogP contribution in [-0.4, -0.2) is 51.4 Å². The molecule has 5 heteroatoms. The van der Waals surface area contributed by atoms with E-state index in [1.807, 2.05) is 29.7 Å². The summed E-state index contributed by atoms with van der Waals surface area (Å²) in [4.78, 5) is 30.4. The van der Waals surface area contributed by atoms with E-state index in [9.17, 15) is 9.59 Å². The lowest BCUT2D eigenvalue weighted by Crippen LogP contribution is -2.63. The highest BCUT2D eigenvalue weighted by Gasteiger charge is 2.47. The first-order valence-electron chi connectivity index (χ1n) is 11.3. The van der Waals surface area contributed by atoms with E-state index in [1.165, 1.54) is 11.1 Å². The molecular formula is C26H33N3O2. The molecule has 0 bridgehead atoms. The van der Waals surface area contributed by atoms with Crippen LogP contribution in [0, 0.1) is 0 Å². The summed E-state index contributed by atoms with van der Waals surface area (Å²) in [5.41, 5.74) is 4.73. The lowest BCUT2D eigenvalue weighted by Gasteiger charge is -2.42. The summed E-state index contributed by atoms with van der Waals surface area (Å²) in [7, 11) is 0. The zero-order valence-corrected chi connectivity index (χ0v) is 19.1. The van der Waals surface area contributed by atoms with Crippen LogP contribution < -0.4 is 0 Å². The highest BCUT2D eigenvalue weighted by Crippen LogP contribution is 2.31. The number of amides is 2. The smallest absolute Gasteiger partial charge is 0.246 e. The van der Waals surface area contributed by atoms with Gasteiger partial charge in [-0.15, -0.1) is 0 Å². The highest BCUT2D eigenvalue weighted by atomic mass is 16.2. The number of hydrogen-bond acceptors (Lipinski definition) is 2. The lowest BCUT2D eigenvalue weighted by molar-refractivity contribution is -0.158. The van der Waals surface area contributed by atoms with Crippen molar-refractivity contribution in [1.29, 1.82) is 0 Å². The maximum absolute atomic E-state index is 13.5. The standard InChI is InChI=1S/C26H33N3O2/c1-18(2)11-14-27-17-20(21-8-5-6-9-22(21)27)16-24-26(31)28-13-7-10-23(28)25(30)29(24)15-12-19(3)4/h5-6,8-9,11-12,17,23-24H,7,10,13-16H2,1-4H3/t23-,24-/m0/s1. The van der Waals surface area contributed by atoms with E-state index in [-0.39, 0.29) is 17.9 Å². The Kier molecular flexibility index (Phi) is 6.03. The molecule has 2 atom stereocenters. The van der Waals surface area contributed by atoms with E-state index in [4.69, 9.17) is 0 Å². The Bertz CT molecular complexity index is 1050. The maximum Gasteiger partial charge on any atom is 0.246 e. The largest absolute Gasteiger partial charge is 0.343 e. The molecule has 31 heavy (non-hydrogen) atoms. The number of allylic oxidation sites excluding steroid dienone is 3. The van der Waals surface area contributed by atoms with Crippen molar-refractivity contribution in [3.63, 3.8) is 0 Å². The molecule has 164 valence electrons. The molecule has 2 aliphatic heterocycles. The van der Waals surface area contributed by atoms with Crippen LogP contribution in [0.4, 0.5) is 0 Å². The SMILES string of the molecule is CC(C)=CCN1C(=O)[C@@H]2CCCN2C(=O)[C@@H]1Cc1cn(CC=C(C)C)c2ccccc12. The van der Waals surface area contributed by atoms with Gasteiger partial charge in [0.25, 0.3) is 0 Å². The third-order valence-corrected chi connectivity index (χ3v) is 6.44. The Hall–Kier alpha value is -2.82. The number of para-hydroxylation sites is 1. The minimum Gasteiger partial charge on any atom is -0.343 e. The van der Waals surface area contributed by atoms with Crippen molar-refractivity contribution in [2.24, 2.45) is 0 Å². The second-order valence-corrected chi connectivity index (χ2v) is 9.29. The monoisotopic (exact) mass is 419 g/mol. The van der Waals surface area contributed by atoms with Gasteiger partial charge in [0.2, 0.25) is 11.8 Å². The summed E-state index contributed by atoms with van der Waals surface area (Å²) in [6.45, 7) is 10.3. The van der Waals surface area contributed by atoms with Crippen LogP contribution >= 0.6 is 0 Å². The number of benzene rings is 1. The number of hydrogen-bond donors (Lipinski definition) is 0. The number of fused-ring (bicyclic) bond motifs is 2. The quantitative estimate of drug-likeness (QED) is 0.655. The molecule has 3 heterocycles. The summed E-state index contributed by atoms with van der Waals surface area (Å²) in [6, 6.07) is 7.63. The van der Waals surface area contributed by atoms with Crippen molar-refractivity contribution in [1.82, 2.24) is 14.4 Å². The van der Waals surface area contributed by atoms with Gasteiger partial charge >= 0.3 is 0 Å². The van der Waals surface area contributed by atoms with Gasteiger partial charge in [0.15, 0.2) is 0 Å². The van der Waals surface area contributed by atoms with Crippen LogP contribution in [0.1, 0.15) is 46.1 Å². The minimum absolute atomic E-state index is 0.102. The topological polar surface area (TPSA) is 45.6 Å². The van der Waals surface area contributed by atoms with Gasteiger partial charge in [-0.05, 0) is 52.2 Å². The predicted octanol–water partition coefficient (Wildman–Crippen LogP) is 4.32. The Morgan fingerprint density at radius 2 is 1.71 bits per heavy atom. The summed E-state index contributed by atoms with van der Waals surface area (Å²) >= 11 is 0. The molecule has 2 aliphatic rings. The molecule has 0 saturated carbocycles. The molecule has 1 aromatic heterocycles. The second kappa shape index (κ2) is 8.74. The van der Waals surface area contributed by atoms with E-state index in [2.05, 4.69) is 55.0 Å². The van der Waals surface area contributed by atoms with E-state index >= 15 is 0 Å². The van der Waals surface area contributed by atoms with Crippen molar-refractivity contribution in [2.75, 3.05) is 13.1 Å². The van der Waals surface area contributed by atoms with Crippen molar-refractivity contribution in [3.05, 3.63) is 59.3 Å². The van der Waals surface area contributed by atoms with Gasteiger partial charge in [-0.1, -0.05) is 41.5 Å². The van der Waals surface area contributed by atoms with Crippen molar-refractivity contribution in [2.45, 2.75) is 65.6 Å². The van der Waals surface area contributed by atoms with Gasteiger partial charge in [-0.25, -0.2) is 0 Å². The van der Waals surface area contributed by atoms with Crippen molar-refractivity contribution >= 4 is 22.7 Å². The van der Waals surface area contributed by atoms with E-state index in [1.54, 1.807) is 0 Å². The molecule has 2 aromatic rings. The summed E-state index contributed by atoms with van der Waals surface area (Å²) < 4.78 is 2.24. The van der Waals surface area contributed by atoms with Gasteiger partial charge in [-0.2, -0.15) is 0 Å². The normalized spacial score (nSPS) is 20.9. The summed E-state index contributed by atoms with van der Waals surface area (Å²) in [5.74, 6) is 0.207. The zero-order chi connectivity index (χ0) is 22.1. The van der Waals surface area contributed by atoms with E-state index in [0.717, 1.165) is 35.9 Å². The first-order chi connectivity index (χ1) is 14.9. The number of carbonyl (C=O) groups excluding carboxylic acids is 2. The third-order valence-electron chi connectivity index (χ3n) is 6.44. The number of carbonyl (C=O) groups is 2. The van der Waals surface area contributed by atoms with Gasteiger partial charge < -0.3 is 14.4 Å². The fourth-order valence-electron chi connectivity index (χ4n) is 4.78. The Labute approximate surface area is 185 Å². The average Bonchev–Trinajstić information content (AvgIpc) is 3.35. The molecule has 2 amide bonds. The van der Waals surface area contributed by atoms with Crippen LogP contribution in [0.2, 0.25) is 0 Å². The fraction of sp³-hybridized carbons (Fsp3) is 0.462. The van der Waals surface area contributed by atoms with Crippen molar-refractivity contribution in [3.8, 4) is 0 Å². The molecule has 2 fully saturated rings. The van der Waals surface area contributed by atoms with Crippen LogP contribution in [0.5, 0.6) is 0 Å². The molecule has 1 aromatic carbocycles. The molecule has 0 aliphatic carbocycles. The number of aromatic nitrogens is 1. The number of piperazine rings is 1. The van der Waals surface area contributed by atoms with E-state index in [0.29, 0.717) is 19.5 Å². The van der Waals surface area contributed by atoms with Crippen LogP contribution in [0.15, 0.2) is 53.8 Å². The first kappa shape index (κ1) is 21.4. The van der Waals surface area contributed by atoms with Gasteiger partial charge in [0, 0.05) is 43.2 Å². The van der Waals surface area contributed by atoms with Crippen molar-refractivity contribution < 1.29 is 9.59 Å². The maximum atomic E-state index is 13.5. The molecule has 0 unspecified atom stereocenters. The van der Waals surface area contributed by atoms with Crippen LogP contribution in [0.25, 0.3) is 10.9 Å². The van der Waals surface area contributed by atoms with Crippen LogP contribution in [-0.2, 0) is 22.6 Å². The third kappa shape index (κ3) is 4.18. The summed E-state index contributed by atoms with van der Waals surface area (Å²) in [5, 5.41) is 1.16. The zero-order valence-electron chi connectivity index (χ0n) is 19.1. The van der Waals surface area contributed by atoms with Gasteiger partial charge in [-0.3, -0.25) is 9.59 Å². The molecular weight excluding hydrogens is 386 g/mol. The predicted molar refractivity (Wildman–Crippen MR) is 125 cm³/mol. The molecule has 2 saturated heterocycles. The second-order valence-electron chi connectivity index (χ2n) is 9.29. The highest BCUT2D eigenvalue weighted by molar-refractivity contribution is 5.98. The first-order valence-corrected chi connectivity index (χ1v) is 11.3. The Morgan fingerprint density at radius 3 is 2.45 bits per heavy atom.